The van der Waals surface area contributed by atoms with Gasteiger partial charge in [-0.2, -0.15) is 0 Å². The van der Waals surface area contributed by atoms with E-state index in [0.717, 1.165) is 40.1 Å². The van der Waals surface area contributed by atoms with Gasteiger partial charge in [-0.05, 0) is 47.5 Å². The van der Waals surface area contributed by atoms with Crippen LogP contribution in [-0.4, -0.2) is 25.1 Å². The molecule has 2 aromatic carbocycles. The SMILES string of the molecule is COc1ccc2c(c1)Cc1sc(N=Cc3ccc4c(c3)OCO4)nc1-2. The Morgan fingerprint density at radius 1 is 1.16 bits per heavy atom. The van der Waals surface area contributed by atoms with Gasteiger partial charge >= 0.3 is 0 Å². The molecule has 0 spiro atoms. The van der Waals surface area contributed by atoms with Crippen LogP contribution in [0.5, 0.6) is 17.2 Å². The van der Waals surface area contributed by atoms with E-state index in [-0.39, 0.29) is 6.79 Å². The topological polar surface area (TPSA) is 52.9 Å². The molecule has 2 heterocycles. The number of aromatic nitrogens is 1. The summed E-state index contributed by atoms with van der Waals surface area (Å²) in [6, 6.07) is 11.9. The number of benzene rings is 2. The molecule has 1 aromatic heterocycles. The number of ether oxygens (including phenoxy) is 3. The van der Waals surface area contributed by atoms with E-state index in [2.05, 4.69) is 17.1 Å². The molecule has 0 amide bonds. The minimum atomic E-state index is 0.277. The van der Waals surface area contributed by atoms with Crippen LogP contribution in [0, 0.1) is 0 Å². The largest absolute Gasteiger partial charge is 0.497 e. The first-order valence-electron chi connectivity index (χ1n) is 7.91. The van der Waals surface area contributed by atoms with Gasteiger partial charge in [0.25, 0.3) is 0 Å². The molecule has 0 fully saturated rings. The second kappa shape index (κ2) is 5.60. The minimum absolute atomic E-state index is 0.277. The lowest BCUT2D eigenvalue weighted by Gasteiger charge is -2.03. The monoisotopic (exact) mass is 350 g/mol. The summed E-state index contributed by atoms with van der Waals surface area (Å²) < 4.78 is 16.0. The van der Waals surface area contributed by atoms with E-state index >= 15 is 0 Å². The zero-order chi connectivity index (χ0) is 16.8. The van der Waals surface area contributed by atoms with Gasteiger partial charge in [0.15, 0.2) is 11.5 Å². The number of fused-ring (bicyclic) bond motifs is 4. The van der Waals surface area contributed by atoms with Crippen LogP contribution in [0.15, 0.2) is 41.4 Å². The maximum absolute atomic E-state index is 5.39. The van der Waals surface area contributed by atoms with E-state index in [1.54, 1.807) is 18.4 Å². The van der Waals surface area contributed by atoms with E-state index in [1.165, 1.54) is 16.0 Å². The number of thiazole rings is 1. The standard InChI is InChI=1S/C19H14N2O3S/c1-22-13-3-4-14-12(7-13)8-17-18(14)21-19(25-17)20-9-11-2-5-15-16(6-11)24-10-23-15/h2-7,9H,8,10H2,1H3. The highest BCUT2D eigenvalue weighted by Gasteiger charge is 2.23. The lowest BCUT2D eigenvalue weighted by atomic mass is 10.1. The van der Waals surface area contributed by atoms with Crippen LogP contribution in [-0.2, 0) is 6.42 Å². The van der Waals surface area contributed by atoms with Crippen molar-refractivity contribution in [3.8, 4) is 28.5 Å². The van der Waals surface area contributed by atoms with Crippen LogP contribution >= 0.6 is 11.3 Å². The van der Waals surface area contributed by atoms with Crippen molar-refractivity contribution >= 4 is 22.7 Å². The summed E-state index contributed by atoms with van der Waals surface area (Å²) in [7, 11) is 1.69. The van der Waals surface area contributed by atoms with Crippen LogP contribution in [0.4, 0.5) is 5.13 Å². The van der Waals surface area contributed by atoms with E-state index in [9.17, 15) is 0 Å². The Morgan fingerprint density at radius 3 is 3.00 bits per heavy atom. The van der Waals surface area contributed by atoms with Gasteiger partial charge in [-0.1, -0.05) is 11.3 Å². The summed E-state index contributed by atoms with van der Waals surface area (Å²) in [6.07, 6.45) is 2.70. The predicted octanol–water partition coefficient (Wildman–Crippen LogP) is 4.20. The summed E-state index contributed by atoms with van der Waals surface area (Å²) in [5.41, 5.74) is 4.45. The van der Waals surface area contributed by atoms with Gasteiger partial charge in [0, 0.05) is 23.1 Å². The van der Waals surface area contributed by atoms with Gasteiger partial charge in [-0.25, -0.2) is 9.98 Å². The van der Waals surface area contributed by atoms with Crippen LogP contribution in [0.1, 0.15) is 16.0 Å². The van der Waals surface area contributed by atoms with Crippen LogP contribution in [0.3, 0.4) is 0 Å². The highest BCUT2D eigenvalue weighted by molar-refractivity contribution is 7.15. The second-order valence-electron chi connectivity index (χ2n) is 5.84. The third kappa shape index (κ3) is 2.46. The van der Waals surface area contributed by atoms with Crippen molar-refractivity contribution in [2.75, 3.05) is 13.9 Å². The molecule has 124 valence electrons. The maximum Gasteiger partial charge on any atom is 0.231 e. The van der Waals surface area contributed by atoms with Crippen molar-refractivity contribution < 1.29 is 14.2 Å². The van der Waals surface area contributed by atoms with Gasteiger partial charge in [-0.15, -0.1) is 0 Å². The minimum Gasteiger partial charge on any atom is -0.497 e. The lowest BCUT2D eigenvalue weighted by molar-refractivity contribution is 0.174. The van der Waals surface area contributed by atoms with Gasteiger partial charge in [0.1, 0.15) is 5.75 Å². The second-order valence-corrected chi connectivity index (χ2v) is 6.90. The molecule has 25 heavy (non-hydrogen) atoms. The van der Waals surface area contributed by atoms with Crippen molar-refractivity contribution in [1.82, 2.24) is 4.98 Å². The molecule has 0 bridgehead atoms. The molecule has 0 N–H and O–H groups in total. The fourth-order valence-corrected chi connectivity index (χ4v) is 4.04. The quantitative estimate of drug-likeness (QED) is 0.520. The molecule has 3 aromatic rings. The Hall–Kier alpha value is -2.86. The molecule has 0 saturated carbocycles. The van der Waals surface area contributed by atoms with Crippen LogP contribution in [0.2, 0.25) is 0 Å². The highest BCUT2D eigenvalue weighted by atomic mass is 32.1. The maximum atomic E-state index is 5.39. The third-order valence-electron chi connectivity index (χ3n) is 4.33. The Kier molecular flexibility index (Phi) is 3.24. The molecular weight excluding hydrogens is 336 g/mol. The first kappa shape index (κ1) is 14.5. The summed E-state index contributed by atoms with van der Waals surface area (Å²) in [4.78, 5) is 10.5. The molecule has 5 nitrogen and oxygen atoms in total. The molecule has 6 heteroatoms. The van der Waals surface area contributed by atoms with E-state index in [4.69, 9.17) is 19.2 Å². The molecule has 5 rings (SSSR count). The van der Waals surface area contributed by atoms with Gasteiger partial charge < -0.3 is 14.2 Å². The molecule has 0 unspecified atom stereocenters. The van der Waals surface area contributed by atoms with E-state index in [0.29, 0.717) is 0 Å². The number of rotatable bonds is 3. The average Bonchev–Trinajstić information content (AvgIpc) is 3.32. The fourth-order valence-electron chi connectivity index (χ4n) is 3.10. The summed E-state index contributed by atoms with van der Waals surface area (Å²) in [5.74, 6) is 2.42. The van der Waals surface area contributed by atoms with E-state index in [1.807, 2.05) is 30.5 Å². The van der Waals surface area contributed by atoms with Crippen molar-refractivity contribution in [2.45, 2.75) is 6.42 Å². The fraction of sp³-hybridized carbons (Fsp3) is 0.158. The van der Waals surface area contributed by atoms with E-state index < -0.39 is 0 Å². The highest BCUT2D eigenvalue weighted by Crippen LogP contribution is 2.43. The number of hydrogen-bond acceptors (Lipinski definition) is 6. The average molecular weight is 350 g/mol. The van der Waals surface area contributed by atoms with Crippen molar-refractivity contribution in [3.05, 3.63) is 52.4 Å². The summed E-state index contributed by atoms with van der Waals surface area (Å²) in [5, 5.41) is 0.768. The first-order valence-corrected chi connectivity index (χ1v) is 8.72. The molecule has 0 saturated heterocycles. The molecule has 1 aliphatic heterocycles. The van der Waals surface area contributed by atoms with Crippen molar-refractivity contribution in [2.24, 2.45) is 4.99 Å². The zero-order valence-electron chi connectivity index (χ0n) is 13.5. The van der Waals surface area contributed by atoms with Gasteiger partial charge in [-0.3, -0.25) is 0 Å². The normalized spacial score (nSPS) is 14.0. The van der Waals surface area contributed by atoms with Crippen LogP contribution < -0.4 is 14.2 Å². The Labute approximate surface area is 148 Å². The summed E-state index contributed by atoms with van der Waals surface area (Å²) >= 11 is 1.63. The molecule has 2 aliphatic rings. The Morgan fingerprint density at radius 2 is 2.08 bits per heavy atom. The number of nitrogens with zero attached hydrogens (tertiary/aromatic N) is 2. The molecule has 0 radical (unpaired) electrons. The Bertz CT molecular complexity index is 1010. The molecule has 0 atom stereocenters. The molecule has 1 aliphatic carbocycles. The Balaban J connectivity index is 1.42. The van der Waals surface area contributed by atoms with Crippen molar-refractivity contribution in [3.63, 3.8) is 0 Å². The smallest absolute Gasteiger partial charge is 0.231 e. The lowest BCUT2D eigenvalue weighted by Crippen LogP contribution is -1.92. The predicted molar refractivity (Wildman–Crippen MR) is 96.7 cm³/mol. The van der Waals surface area contributed by atoms with Gasteiger partial charge in [0.05, 0.1) is 12.8 Å². The zero-order valence-corrected chi connectivity index (χ0v) is 14.3. The van der Waals surface area contributed by atoms with Crippen LogP contribution in [0.25, 0.3) is 11.3 Å². The third-order valence-corrected chi connectivity index (χ3v) is 5.29. The number of methoxy groups -OCH3 is 1. The number of hydrogen-bond donors (Lipinski definition) is 0. The first-order chi connectivity index (χ1) is 12.3. The van der Waals surface area contributed by atoms with Gasteiger partial charge in [0.2, 0.25) is 11.9 Å². The van der Waals surface area contributed by atoms with Crippen molar-refractivity contribution in [1.29, 1.82) is 0 Å². The summed E-state index contributed by atoms with van der Waals surface area (Å²) in [6.45, 7) is 0.277. The molecular formula is C19H14N2O3S. The number of aliphatic imine (C=N–C) groups is 1.